The number of carbonyl (C=O) groups is 1. The minimum atomic E-state index is -4.60. The van der Waals surface area contributed by atoms with Crippen LogP contribution in [0.3, 0.4) is 0 Å². The molecule has 1 amide bonds. The fourth-order valence-electron chi connectivity index (χ4n) is 10.6. The molecule has 0 aromatic rings. The van der Waals surface area contributed by atoms with Crippen molar-refractivity contribution in [1.82, 2.24) is 5.32 Å². The Bertz CT molecular complexity index is 1300. The molecule has 0 fully saturated rings. The first-order valence-corrected chi connectivity index (χ1v) is 35.7. The standard InChI is InChI=1S/C68H135N2O6P/c1-6-8-10-12-14-16-18-20-22-24-26-28-30-31-32-33-34-35-36-37-38-39-40-42-44-46-48-50-52-54-56-58-60-62-68(72)69-66(65-76-77(73,74)75-64-63-70(3,4)5)67(71)61-59-57-55-53-51-49-47-45-43-41-29-27-25-23-21-19-17-15-13-11-9-7-2/h24,26,59,61,66-67,71H,6-23,25,27-58,60,62-65H2,1-5H3,(H-,69,72,73,74)/b26-24-,61-59+. The van der Waals surface area contributed by atoms with E-state index in [0.717, 1.165) is 38.5 Å². The summed E-state index contributed by atoms with van der Waals surface area (Å²) in [5, 5.41) is 14.0. The van der Waals surface area contributed by atoms with Crippen molar-refractivity contribution in [1.29, 1.82) is 0 Å². The zero-order chi connectivity index (χ0) is 56.3. The van der Waals surface area contributed by atoms with Crippen LogP contribution < -0.4 is 10.2 Å². The van der Waals surface area contributed by atoms with Gasteiger partial charge in [0.15, 0.2) is 0 Å². The maximum atomic E-state index is 13.0. The molecular formula is C68H135N2O6P. The van der Waals surface area contributed by atoms with Crippen LogP contribution in [-0.2, 0) is 18.4 Å². The van der Waals surface area contributed by atoms with Crippen LogP contribution in [0, 0.1) is 0 Å². The summed E-state index contributed by atoms with van der Waals surface area (Å²) in [4.78, 5) is 25.6. The number of aliphatic hydroxyl groups excluding tert-OH is 1. The van der Waals surface area contributed by atoms with E-state index < -0.39 is 20.0 Å². The van der Waals surface area contributed by atoms with E-state index in [4.69, 9.17) is 9.05 Å². The second-order valence-electron chi connectivity index (χ2n) is 24.9. The van der Waals surface area contributed by atoms with Crippen molar-refractivity contribution >= 4 is 13.7 Å². The number of aliphatic hydroxyl groups is 1. The molecule has 0 heterocycles. The Hall–Kier alpha value is -1.02. The number of hydrogen-bond donors (Lipinski definition) is 2. The highest BCUT2D eigenvalue weighted by Crippen LogP contribution is 2.38. The highest BCUT2D eigenvalue weighted by molar-refractivity contribution is 7.45. The highest BCUT2D eigenvalue weighted by Gasteiger charge is 2.23. The Morgan fingerprint density at radius 3 is 1.01 bits per heavy atom. The Morgan fingerprint density at radius 2 is 0.714 bits per heavy atom. The van der Waals surface area contributed by atoms with Crippen molar-refractivity contribution in [3.8, 4) is 0 Å². The van der Waals surface area contributed by atoms with Gasteiger partial charge in [-0.25, -0.2) is 0 Å². The fourth-order valence-corrected chi connectivity index (χ4v) is 11.3. The number of allylic oxidation sites excluding steroid dienone is 3. The quantitative estimate of drug-likeness (QED) is 0.0272. The number of nitrogens with zero attached hydrogens (tertiary/aromatic N) is 1. The molecule has 0 spiro atoms. The van der Waals surface area contributed by atoms with Crippen LogP contribution in [0.25, 0.3) is 0 Å². The molecule has 8 nitrogen and oxygen atoms in total. The van der Waals surface area contributed by atoms with Gasteiger partial charge in [0, 0.05) is 6.42 Å². The second kappa shape index (κ2) is 59.6. The average Bonchev–Trinajstić information content (AvgIpc) is 3.39. The number of likely N-dealkylation sites (N-methyl/N-ethyl adjacent to an activating group) is 1. The normalized spacial score (nSPS) is 13.8. The third-order valence-electron chi connectivity index (χ3n) is 15.9. The molecular weight excluding hydrogens is 972 g/mol. The van der Waals surface area contributed by atoms with Gasteiger partial charge in [0.25, 0.3) is 7.82 Å². The van der Waals surface area contributed by atoms with E-state index in [9.17, 15) is 19.4 Å². The van der Waals surface area contributed by atoms with Crippen molar-refractivity contribution in [2.75, 3.05) is 40.9 Å². The summed E-state index contributed by atoms with van der Waals surface area (Å²) < 4.78 is 23.4. The molecule has 77 heavy (non-hydrogen) atoms. The minimum Gasteiger partial charge on any atom is -0.756 e. The summed E-state index contributed by atoms with van der Waals surface area (Å²) in [5.74, 6) is -0.189. The van der Waals surface area contributed by atoms with Gasteiger partial charge < -0.3 is 28.8 Å². The van der Waals surface area contributed by atoms with Gasteiger partial charge in [0.1, 0.15) is 13.2 Å². The number of unbranched alkanes of at least 4 members (excludes halogenated alkanes) is 49. The molecule has 2 N–H and O–H groups in total. The van der Waals surface area contributed by atoms with Gasteiger partial charge >= 0.3 is 0 Å². The molecule has 0 saturated heterocycles. The number of rotatable bonds is 64. The van der Waals surface area contributed by atoms with E-state index in [1.165, 1.54) is 295 Å². The van der Waals surface area contributed by atoms with E-state index in [-0.39, 0.29) is 19.1 Å². The predicted octanol–water partition coefficient (Wildman–Crippen LogP) is 20.9. The molecule has 0 radical (unpaired) electrons. The van der Waals surface area contributed by atoms with Crippen molar-refractivity contribution < 1.29 is 32.9 Å². The van der Waals surface area contributed by atoms with Crippen LogP contribution in [0.15, 0.2) is 24.3 Å². The molecule has 0 bridgehead atoms. The minimum absolute atomic E-state index is 0.00199. The molecule has 458 valence electrons. The van der Waals surface area contributed by atoms with Crippen LogP contribution in [0.1, 0.15) is 354 Å². The molecule has 3 unspecified atom stereocenters. The number of carbonyl (C=O) groups excluding carboxylic acids is 1. The Balaban J connectivity index is 4.01. The van der Waals surface area contributed by atoms with E-state index in [1.54, 1.807) is 6.08 Å². The smallest absolute Gasteiger partial charge is 0.268 e. The molecule has 0 aromatic carbocycles. The number of hydrogen-bond acceptors (Lipinski definition) is 6. The number of phosphoric ester groups is 1. The number of nitrogens with one attached hydrogen (secondary N) is 1. The maximum absolute atomic E-state index is 13.0. The highest BCUT2D eigenvalue weighted by atomic mass is 31.2. The lowest BCUT2D eigenvalue weighted by atomic mass is 10.0. The van der Waals surface area contributed by atoms with Crippen LogP contribution in [-0.4, -0.2) is 68.5 Å². The van der Waals surface area contributed by atoms with Crippen molar-refractivity contribution in [2.24, 2.45) is 0 Å². The first kappa shape index (κ1) is 76.0. The summed E-state index contributed by atoms with van der Waals surface area (Å²) in [5.41, 5.74) is 0. The lowest BCUT2D eigenvalue weighted by Crippen LogP contribution is -2.45. The summed E-state index contributed by atoms with van der Waals surface area (Å²) in [7, 11) is 1.28. The van der Waals surface area contributed by atoms with Crippen LogP contribution in [0.2, 0.25) is 0 Å². The van der Waals surface area contributed by atoms with E-state index in [1.807, 2.05) is 27.2 Å². The van der Waals surface area contributed by atoms with Gasteiger partial charge in [-0.2, -0.15) is 0 Å². The number of phosphoric acid groups is 1. The summed E-state index contributed by atoms with van der Waals surface area (Å²) in [6.07, 6.45) is 77.2. The van der Waals surface area contributed by atoms with E-state index >= 15 is 0 Å². The number of quaternary nitrogens is 1. The third kappa shape index (κ3) is 62.4. The maximum Gasteiger partial charge on any atom is 0.268 e. The molecule has 0 rings (SSSR count). The third-order valence-corrected chi connectivity index (χ3v) is 16.9. The monoisotopic (exact) mass is 1110 g/mol. The molecule has 0 saturated carbocycles. The van der Waals surface area contributed by atoms with Gasteiger partial charge in [-0.1, -0.05) is 327 Å². The predicted molar refractivity (Wildman–Crippen MR) is 335 cm³/mol. The van der Waals surface area contributed by atoms with Crippen molar-refractivity contribution in [3.05, 3.63) is 24.3 Å². The summed E-state index contributed by atoms with van der Waals surface area (Å²) >= 11 is 0. The van der Waals surface area contributed by atoms with E-state index in [2.05, 4.69) is 31.3 Å². The Morgan fingerprint density at radius 1 is 0.442 bits per heavy atom. The Labute approximate surface area is 481 Å². The fraction of sp³-hybridized carbons (Fsp3) is 0.926. The lowest BCUT2D eigenvalue weighted by Gasteiger charge is -2.29. The number of amides is 1. The first-order chi connectivity index (χ1) is 37.5. The first-order valence-electron chi connectivity index (χ1n) is 34.2. The molecule has 3 atom stereocenters. The van der Waals surface area contributed by atoms with Crippen molar-refractivity contribution in [2.45, 2.75) is 366 Å². The van der Waals surface area contributed by atoms with Gasteiger partial charge in [0.2, 0.25) is 5.91 Å². The van der Waals surface area contributed by atoms with Gasteiger partial charge in [0.05, 0.1) is 39.9 Å². The molecule has 0 aliphatic rings. The van der Waals surface area contributed by atoms with Crippen LogP contribution in [0.5, 0.6) is 0 Å². The van der Waals surface area contributed by atoms with E-state index in [0.29, 0.717) is 17.4 Å². The molecule has 9 heteroatoms. The van der Waals surface area contributed by atoms with Gasteiger partial charge in [-0.15, -0.1) is 0 Å². The topological polar surface area (TPSA) is 108 Å². The summed E-state index contributed by atoms with van der Waals surface area (Å²) in [6.45, 7) is 4.71. The average molecular weight is 1110 g/mol. The summed E-state index contributed by atoms with van der Waals surface area (Å²) in [6, 6.07) is -0.885. The SMILES string of the molecule is CCCCCCCCCC/C=C\CCCCCCCCCCCCCCCCCCCCCCCC(=O)NC(COP(=O)([O-])OCC[N+](C)(C)C)C(O)/C=C/CCCCCCCCCCCCCCCCCCCCCC. The molecule has 0 aliphatic carbocycles. The van der Waals surface area contributed by atoms with Gasteiger partial charge in [-0.05, 0) is 44.9 Å². The largest absolute Gasteiger partial charge is 0.756 e. The zero-order valence-corrected chi connectivity index (χ0v) is 53.3. The van der Waals surface area contributed by atoms with Gasteiger partial charge in [-0.3, -0.25) is 9.36 Å². The Kier molecular flexibility index (Phi) is 58.8. The van der Waals surface area contributed by atoms with Crippen molar-refractivity contribution in [3.63, 3.8) is 0 Å². The van der Waals surface area contributed by atoms with Crippen LogP contribution in [0.4, 0.5) is 0 Å². The van der Waals surface area contributed by atoms with Crippen LogP contribution >= 0.6 is 7.82 Å². The zero-order valence-electron chi connectivity index (χ0n) is 52.4. The molecule has 0 aliphatic heterocycles. The molecule has 0 aromatic heterocycles. The second-order valence-corrected chi connectivity index (χ2v) is 26.3. The lowest BCUT2D eigenvalue weighted by molar-refractivity contribution is -0.870.